The maximum atomic E-state index is 6.17. The van der Waals surface area contributed by atoms with Crippen molar-refractivity contribution in [3.63, 3.8) is 0 Å². The predicted molar refractivity (Wildman–Crippen MR) is 71.0 cm³/mol. The molecule has 0 aromatic carbocycles. The van der Waals surface area contributed by atoms with Crippen LogP contribution in [0.3, 0.4) is 0 Å². The minimum Gasteiger partial charge on any atom is -0.373 e. The number of nitrogens with two attached hydrogens (primary N) is 1. The SMILES string of the molecule is CC1CCCCC1(CN)N1C[C@@H](C)O[C@@H](C)C1. The molecule has 2 N–H and O–H groups in total. The van der Waals surface area contributed by atoms with Crippen LogP contribution in [0.5, 0.6) is 0 Å². The first-order valence-corrected chi connectivity index (χ1v) is 7.19. The molecule has 0 spiro atoms. The summed E-state index contributed by atoms with van der Waals surface area (Å²) in [5.41, 5.74) is 6.41. The molecule has 4 atom stereocenters. The highest BCUT2D eigenvalue weighted by Crippen LogP contribution is 2.39. The van der Waals surface area contributed by atoms with E-state index in [9.17, 15) is 0 Å². The Morgan fingerprint density at radius 3 is 2.35 bits per heavy atom. The highest BCUT2D eigenvalue weighted by molar-refractivity contribution is 5.00. The van der Waals surface area contributed by atoms with Gasteiger partial charge in [0.25, 0.3) is 0 Å². The molecule has 1 aliphatic carbocycles. The van der Waals surface area contributed by atoms with Gasteiger partial charge in [-0.05, 0) is 32.6 Å². The van der Waals surface area contributed by atoms with E-state index in [0.717, 1.165) is 25.6 Å². The third kappa shape index (κ3) is 2.51. The van der Waals surface area contributed by atoms with E-state index in [2.05, 4.69) is 25.7 Å². The second kappa shape index (κ2) is 5.25. The number of hydrogen-bond acceptors (Lipinski definition) is 3. The summed E-state index contributed by atoms with van der Waals surface area (Å²) in [5, 5.41) is 0. The molecule has 0 radical (unpaired) electrons. The van der Waals surface area contributed by atoms with Crippen LogP contribution in [0.15, 0.2) is 0 Å². The average molecular weight is 240 g/mol. The van der Waals surface area contributed by atoms with Gasteiger partial charge in [0.1, 0.15) is 0 Å². The average Bonchev–Trinajstić information content (AvgIpc) is 2.28. The minimum absolute atomic E-state index is 0.241. The zero-order chi connectivity index (χ0) is 12.5. The van der Waals surface area contributed by atoms with E-state index in [4.69, 9.17) is 10.5 Å². The van der Waals surface area contributed by atoms with E-state index < -0.39 is 0 Å². The number of nitrogens with zero attached hydrogens (tertiary/aromatic N) is 1. The number of hydrogen-bond donors (Lipinski definition) is 1. The normalized spacial score (nSPS) is 44.8. The van der Waals surface area contributed by atoms with Crippen LogP contribution in [0.25, 0.3) is 0 Å². The summed E-state index contributed by atoms with van der Waals surface area (Å²) >= 11 is 0. The van der Waals surface area contributed by atoms with Crippen LogP contribution in [0, 0.1) is 5.92 Å². The quantitative estimate of drug-likeness (QED) is 0.802. The van der Waals surface area contributed by atoms with Gasteiger partial charge in [-0.3, -0.25) is 4.90 Å². The maximum absolute atomic E-state index is 6.17. The first kappa shape index (κ1) is 13.3. The zero-order valence-electron chi connectivity index (χ0n) is 11.6. The Bertz CT molecular complexity index is 249. The Balaban J connectivity index is 2.15. The fourth-order valence-electron chi connectivity index (χ4n) is 3.84. The van der Waals surface area contributed by atoms with Crippen molar-refractivity contribution in [2.24, 2.45) is 11.7 Å². The molecule has 0 aromatic rings. The van der Waals surface area contributed by atoms with Gasteiger partial charge in [0.15, 0.2) is 0 Å². The van der Waals surface area contributed by atoms with Gasteiger partial charge < -0.3 is 10.5 Å². The van der Waals surface area contributed by atoms with E-state index in [1.807, 2.05) is 0 Å². The van der Waals surface area contributed by atoms with Crippen LogP contribution in [0.4, 0.5) is 0 Å². The van der Waals surface area contributed by atoms with Crippen molar-refractivity contribution < 1.29 is 4.74 Å². The van der Waals surface area contributed by atoms with Crippen molar-refractivity contribution >= 4 is 0 Å². The summed E-state index contributed by atoms with van der Waals surface area (Å²) in [5.74, 6) is 0.721. The summed E-state index contributed by atoms with van der Waals surface area (Å²) in [4.78, 5) is 2.63. The lowest BCUT2D eigenvalue weighted by molar-refractivity contribution is -0.119. The molecule has 3 nitrogen and oxygen atoms in total. The van der Waals surface area contributed by atoms with Crippen LogP contribution in [0.1, 0.15) is 46.5 Å². The van der Waals surface area contributed by atoms with Gasteiger partial charge in [0.05, 0.1) is 12.2 Å². The van der Waals surface area contributed by atoms with Gasteiger partial charge in [0, 0.05) is 25.2 Å². The van der Waals surface area contributed by atoms with E-state index in [1.54, 1.807) is 0 Å². The molecular formula is C14H28N2O. The van der Waals surface area contributed by atoms with Crippen molar-refractivity contribution in [3.05, 3.63) is 0 Å². The van der Waals surface area contributed by atoms with Crippen LogP contribution in [-0.2, 0) is 4.74 Å². The number of ether oxygens (including phenoxy) is 1. The third-order valence-corrected chi connectivity index (χ3v) is 4.82. The first-order valence-electron chi connectivity index (χ1n) is 7.19. The summed E-state index contributed by atoms with van der Waals surface area (Å²) in [7, 11) is 0. The molecule has 100 valence electrons. The second-order valence-electron chi connectivity index (χ2n) is 6.12. The molecule has 2 rings (SSSR count). The van der Waals surface area contributed by atoms with E-state index in [-0.39, 0.29) is 5.54 Å². The van der Waals surface area contributed by atoms with E-state index >= 15 is 0 Å². The molecule has 1 heterocycles. The van der Waals surface area contributed by atoms with Gasteiger partial charge in [0.2, 0.25) is 0 Å². The number of morpholine rings is 1. The van der Waals surface area contributed by atoms with Crippen molar-refractivity contribution in [1.82, 2.24) is 4.90 Å². The fourth-order valence-corrected chi connectivity index (χ4v) is 3.84. The standard InChI is InChI=1S/C14H28N2O/c1-11-6-4-5-7-14(11,10-15)16-8-12(2)17-13(3)9-16/h11-13H,4-10,15H2,1-3H3/t11?,12-,13+,14?. The smallest absolute Gasteiger partial charge is 0.0678 e. The second-order valence-corrected chi connectivity index (χ2v) is 6.12. The summed E-state index contributed by atoms with van der Waals surface area (Å²) in [6, 6.07) is 0. The van der Waals surface area contributed by atoms with Gasteiger partial charge >= 0.3 is 0 Å². The first-order chi connectivity index (χ1) is 8.08. The fraction of sp³-hybridized carbons (Fsp3) is 1.00. The molecule has 1 saturated carbocycles. The minimum atomic E-state index is 0.241. The van der Waals surface area contributed by atoms with Gasteiger partial charge in [-0.25, -0.2) is 0 Å². The Hall–Kier alpha value is -0.120. The monoisotopic (exact) mass is 240 g/mol. The molecule has 3 heteroatoms. The van der Waals surface area contributed by atoms with E-state index in [0.29, 0.717) is 12.2 Å². The molecule has 1 saturated heterocycles. The van der Waals surface area contributed by atoms with Crippen LogP contribution >= 0.6 is 0 Å². The number of rotatable bonds is 2. The topological polar surface area (TPSA) is 38.5 Å². The van der Waals surface area contributed by atoms with Gasteiger partial charge in [-0.1, -0.05) is 19.8 Å². The molecule has 2 fully saturated rings. The Kier molecular flexibility index (Phi) is 4.11. The molecule has 2 unspecified atom stereocenters. The highest BCUT2D eigenvalue weighted by Gasteiger charge is 2.44. The molecular weight excluding hydrogens is 212 g/mol. The van der Waals surface area contributed by atoms with Gasteiger partial charge in [-0.2, -0.15) is 0 Å². The van der Waals surface area contributed by atoms with Crippen molar-refractivity contribution in [2.45, 2.75) is 64.2 Å². The predicted octanol–water partition coefficient (Wildman–Crippen LogP) is 2.00. The maximum Gasteiger partial charge on any atom is 0.0678 e. The van der Waals surface area contributed by atoms with Crippen LogP contribution in [0.2, 0.25) is 0 Å². The zero-order valence-corrected chi connectivity index (χ0v) is 11.6. The van der Waals surface area contributed by atoms with Crippen molar-refractivity contribution in [3.8, 4) is 0 Å². The van der Waals surface area contributed by atoms with Crippen LogP contribution < -0.4 is 5.73 Å². The molecule has 2 aliphatic rings. The summed E-state index contributed by atoms with van der Waals surface area (Å²) in [6.07, 6.45) is 5.99. The molecule has 1 aliphatic heterocycles. The molecule has 0 bridgehead atoms. The molecule has 17 heavy (non-hydrogen) atoms. The highest BCUT2D eigenvalue weighted by atomic mass is 16.5. The largest absolute Gasteiger partial charge is 0.373 e. The van der Waals surface area contributed by atoms with Crippen molar-refractivity contribution in [2.75, 3.05) is 19.6 Å². The Labute approximate surface area is 106 Å². The summed E-state index contributed by atoms with van der Waals surface area (Å²) < 4.78 is 5.85. The molecule has 0 amide bonds. The van der Waals surface area contributed by atoms with Crippen LogP contribution in [-0.4, -0.2) is 42.3 Å². The lowest BCUT2D eigenvalue weighted by atomic mass is 9.72. The van der Waals surface area contributed by atoms with E-state index in [1.165, 1.54) is 25.7 Å². The summed E-state index contributed by atoms with van der Waals surface area (Å²) in [6.45, 7) is 9.64. The Morgan fingerprint density at radius 1 is 1.18 bits per heavy atom. The lowest BCUT2D eigenvalue weighted by Gasteiger charge is -2.53. The van der Waals surface area contributed by atoms with Crippen molar-refractivity contribution in [1.29, 1.82) is 0 Å². The lowest BCUT2D eigenvalue weighted by Crippen LogP contribution is -2.64. The Morgan fingerprint density at radius 2 is 1.82 bits per heavy atom. The third-order valence-electron chi connectivity index (χ3n) is 4.82. The molecule has 0 aromatic heterocycles. The van der Waals surface area contributed by atoms with Gasteiger partial charge in [-0.15, -0.1) is 0 Å².